The molecule has 0 saturated carbocycles. The SMILES string of the molecule is CCN(C)C[C@H](OC)C(F)F. The van der Waals surface area contributed by atoms with Crippen LogP contribution in [0.25, 0.3) is 0 Å². The lowest BCUT2D eigenvalue weighted by molar-refractivity contribution is -0.0450. The van der Waals surface area contributed by atoms with E-state index in [1.54, 1.807) is 11.9 Å². The summed E-state index contributed by atoms with van der Waals surface area (Å²) in [6.45, 7) is 2.95. The molecule has 0 aliphatic rings. The van der Waals surface area contributed by atoms with E-state index in [0.717, 1.165) is 6.54 Å². The van der Waals surface area contributed by atoms with Crippen molar-refractivity contribution < 1.29 is 13.5 Å². The van der Waals surface area contributed by atoms with Crippen molar-refractivity contribution in [2.24, 2.45) is 0 Å². The van der Waals surface area contributed by atoms with Crippen LogP contribution >= 0.6 is 0 Å². The Labute approximate surface area is 66.1 Å². The molecule has 0 fully saturated rings. The molecule has 0 amide bonds. The quantitative estimate of drug-likeness (QED) is 0.610. The van der Waals surface area contributed by atoms with Crippen molar-refractivity contribution >= 4 is 0 Å². The molecule has 0 bridgehead atoms. The van der Waals surface area contributed by atoms with E-state index in [0.29, 0.717) is 0 Å². The second-order valence-electron chi connectivity index (χ2n) is 2.46. The number of hydrogen-bond donors (Lipinski definition) is 0. The Bertz CT molecular complexity index is 100. The summed E-state index contributed by atoms with van der Waals surface area (Å²) in [5.41, 5.74) is 0. The van der Waals surface area contributed by atoms with Gasteiger partial charge >= 0.3 is 0 Å². The first-order chi connectivity index (χ1) is 5.11. The van der Waals surface area contributed by atoms with Crippen LogP contribution in [-0.2, 0) is 4.74 Å². The lowest BCUT2D eigenvalue weighted by Gasteiger charge is -2.20. The molecule has 0 rings (SSSR count). The Morgan fingerprint density at radius 2 is 2.00 bits per heavy atom. The lowest BCUT2D eigenvalue weighted by Crippen LogP contribution is -2.35. The van der Waals surface area contributed by atoms with Crippen molar-refractivity contribution in [3.63, 3.8) is 0 Å². The summed E-state index contributed by atoms with van der Waals surface area (Å²) in [5.74, 6) is 0. The van der Waals surface area contributed by atoms with Crippen LogP contribution in [0.15, 0.2) is 0 Å². The van der Waals surface area contributed by atoms with Crippen molar-refractivity contribution in [2.45, 2.75) is 19.5 Å². The van der Waals surface area contributed by atoms with Crippen LogP contribution in [0.5, 0.6) is 0 Å². The third-order valence-electron chi connectivity index (χ3n) is 1.62. The first kappa shape index (κ1) is 10.8. The Kier molecular flexibility index (Phi) is 5.32. The number of alkyl halides is 2. The molecule has 0 aliphatic carbocycles. The zero-order valence-corrected chi connectivity index (χ0v) is 7.18. The summed E-state index contributed by atoms with van der Waals surface area (Å²) in [6, 6.07) is 0. The first-order valence-corrected chi connectivity index (χ1v) is 3.61. The molecule has 0 aromatic carbocycles. The maximum atomic E-state index is 12.0. The highest BCUT2D eigenvalue weighted by Crippen LogP contribution is 2.05. The van der Waals surface area contributed by atoms with Crippen molar-refractivity contribution in [3.8, 4) is 0 Å². The fourth-order valence-electron chi connectivity index (χ4n) is 0.693. The van der Waals surface area contributed by atoms with Gasteiger partial charge in [-0.3, -0.25) is 0 Å². The van der Waals surface area contributed by atoms with E-state index in [1.165, 1.54) is 7.11 Å². The predicted octanol–water partition coefficient (Wildman–Crippen LogP) is 1.22. The first-order valence-electron chi connectivity index (χ1n) is 3.61. The van der Waals surface area contributed by atoms with Gasteiger partial charge in [0.1, 0.15) is 6.10 Å². The van der Waals surface area contributed by atoms with Gasteiger partial charge in [-0.15, -0.1) is 0 Å². The Morgan fingerprint density at radius 3 is 2.27 bits per heavy atom. The standard InChI is InChI=1S/C7H15F2NO/c1-4-10(2)5-6(11-3)7(8)9/h6-7H,4-5H2,1-3H3/t6-/m0/s1. The summed E-state index contributed by atoms with van der Waals surface area (Å²) in [4.78, 5) is 1.79. The zero-order valence-electron chi connectivity index (χ0n) is 7.18. The van der Waals surface area contributed by atoms with Gasteiger partial charge in [0, 0.05) is 13.7 Å². The molecular formula is C7H15F2NO. The number of methoxy groups -OCH3 is 1. The molecule has 0 heterocycles. The lowest BCUT2D eigenvalue weighted by atomic mass is 10.3. The van der Waals surface area contributed by atoms with Gasteiger partial charge in [-0.1, -0.05) is 6.92 Å². The molecule has 0 spiro atoms. The number of ether oxygens (including phenoxy) is 1. The predicted molar refractivity (Wildman–Crippen MR) is 40.0 cm³/mol. The average molecular weight is 167 g/mol. The van der Waals surface area contributed by atoms with Crippen molar-refractivity contribution in [3.05, 3.63) is 0 Å². The molecule has 68 valence electrons. The Balaban J connectivity index is 3.68. The molecule has 0 aromatic rings. The number of halogens is 2. The summed E-state index contributed by atoms with van der Waals surface area (Å²) >= 11 is 0. The smallest absolute Gasteiger partial charge is 0.265 e. The van der Waals surface area contributed by atoms with E-state index >= 15 is 0 Å². The molecule has 0 saturated heterocycles. The molecule has 0 radical (unpaired) electrons. The maximum absolute atomic E-state index is 12.0. The number of hydrogen-bond acceptors (Lipinski definition) is 2. The van der Waals surface area contributed by atoms with Crippen LogP contribution in [-0.4, -0.2) is 44.7 Å². The highest BCUT2D eigenvalue weighted by Gasteiger charge is 2.20. The number of nitrogens with zero attached hydrogens (tertiary/aromatic N) is 1. The molecule has 4 heteroatoms. The molecule has 1 atom stereocenters. The number of rotatable bonds is 5. The monoisotopic (exact) mass is 167 g/mol. The molecule has 0 N–H and O–H groups in total. The van der Waals surface area contributed by atoms with Gasteiger partial charge in [-0.05, 0) is 13.6 Å². The minimum atomic E-state index is -2.39. The molecule has 11 heavy (non-hydrogen) atoms. The molecule has 0 unspecified atom stereocenters. The van der Waals surface area contributed by atoms with Gasteiger partial charge in [0.2, 0.25) is 0 Å². The molecule has 0 aliphatic heterocycles. The Morgan fingerprint density at radius 1 is 1.45 bits per heavy atom. The Hall–Kier alpha value is -0.220. The largest absolute Gasteiger partial charge is 0.374 e. The van der Waals surface area contributed by atoms with Gasteiger partial charge < -0.3 is 9.64 Å². The molecule has 0 aromatic heterocycles. The highest BCUT2D eigenvalue weighted by atomic mass is 19.3. The van der Waals surface area contributed by atoms with Gasteiger partial charge in [0.25, 0.3) is 6.43 Å². The fourth-order valence-corrected chi connectivity index (χ4v) is 0.693. The summed E-state index contributed by atoms with van der Waals surface area (Å²) in [7, 11) is 3.09. The van der Waals surface area contributed by atoms with E-state index in [1.807, 2.05) is 6.92 Å². The highest BCUT2D eigenvalue weighted by molar-refractivity contribution is 4.63. The second kappa shape index (κ2) is 5.43. The fraction of sp³-hybridized carbons (Fsp3) is 1.00. The summed E-state index contributed by atoms with van der Waals surface area (Å²) in [6.07, 6.45) is -3.35. The van der Waals surface area contributed by atoms with Gasteiger partial charge in [-0.25, -0.2) is 8.78 Å². The van der Waals surface area contributed by atoms with E-state index in [4.69, 9.17) is 0 Å². The van der Waals surface area contributed by atoms with Crippen LogP contribution in [0, 0.1) is 0 Å². The minimum absolute atomic E-state index is 0.282. The number of likely N-dealkylation sites (N-methyl/N-ethyl adjacent to an activating group) is 1. The van der Waals surface area contributed by atoms with Crippen LogP contribution in [0.1, 0.15) is 6.92 Å². The van der Waals surface area contributed by atoms with Crippen LogP contribution in [0.2, 0.25) is 0 Å². The average Bonchev–Trinajstić information content (AvgIpc) is 1.99. The van der Waals surface area contributed by atoms with Gasteiger partial charge in [0.15, 0.2) is 0 Å². The van der Waals surface area contributed by atoms with E-state index < -0.39 is 12.5 Å². The minimum Gasteiger partial charge on any atom is -0.374 e. The second-order valence-corrected chi connectivity index (χ2v) is 2.46. The summed E-state index contributed by atoms with van der Waals surface area (Å²) < 4.78 is 28.7. The summed E-state index contributed by atoms with van der Waals surface area (Å²) in [5, 5.41) is 0. The molecule has 2 nitrogen and oxygen atoms in total. The van der Waals surface area contributed by atoms with E-state index in [9.17, 15) is 8.78 Å². The van der Waals surface area contributed by atoms with E-state index in [-0.39, 0.29) is 6.54 Å². The van der Waals surface area contributed by atoms with Crippen LogP contribution in [0.3, 0.4) is 0 Å². The van der Waals surface area contributed by atoms with Crippen molar-refractivity contribution in [1.29, 1.82) is 0 Å². The zero-order chi connectivity index (χ0) is 8.85. The topological polar surface area (TPSA) is 12.5 Å². The van der Waals surface area contributed by atoms with Gasteiger partial charge in [-0.2, -0.15) is 0 Å². The van der Waals surface area contributed by atoms with Crippen molar-refractivity contribution in [1.82, 2.24) is 4.90 Å². The van der Waals surface area contributed by atoms with Crippen molar-refractivity contribution in [2.75, 3.05) is 27.2 Å². The maximum Gasteiger partial charge on any atom is 0.265 e. The normalized spacial score (nSPS) is 14.5. The van der Waals surface area contributed by atoms with E-state index in [2.05, 4.69) is 4.74 Å². The van der Waals surface area contributed by atoms with Crippen LogP contribution in [0.4, 0.5) is 8.78 Å². The van der Waals surface area contributed by atoms with Crippen LogP contribution < -0.4 is 0 Å². The third-order valence-corrected chi connectivity index (χ3v) is 1.62. The van der Waals surface area contributed by atoms with Gasteiger partial charge in [0.05, 0.1) is 0 Å². The molecular weight excluding hydrogens is 152 g/mol. The third kappa shape index (κ3) is 4.27.